The summed E-state index contributed by atoms with van der Waals surface area (Å²) in [6.07, 6.45) is 3.71. The molecular weight excluding hydrogens is 258 g/mol. The van der Waals surface area contributed by atoms with E-state index in [1.54, 1.807) is 0 Å². The van der Waals surface area contributed by atoms with Crippen molar-refractivity contribution in [3.8, 4) is 0 Å². The van der Waals surface area contributed by atoms with Crippen LogP contribution in [0.25, 0.3) is 0 Å². The number of amidine groups is 1. The van der Waals surface area contributed by atoms with Crippen molar-refractivity contribution in [1.29, 1.82) is 0 Å². The van der Waals surface area contributed by atoms with Crippen molar-refractivity contribution >= 4 is 17.6 Å². The van der Waals surface area contributed by atoms with Crippen LogP contribution in [0.2, 0.25) is 0 Å². The van der Waals surface area contributed by atoms with Crippen LogP contribution in [0.1, 0.15) is 31.4 Å². The Labute approximate surface area is 119 Å². The van der Waals surface area contributed by atoms with Gasteiger partial charge in [0.1, 0.15) is 5.84 Å². The summed E-state index contributed by atoms with van der Waals surface area (Å²) in [4.78, 5) is 0. The average Bonchev–Trinajstić information content (AvgIpc) is 2.45. The van der Waals surface area contributed by atoms with Crippen LogP contribution >= 0.6 is 11.8 Å². The Bertz CT molecular complexity index is 384. The SMILES string of the molecule is CSCCC(C)NC(C/C(N)=N/O)c1ccccc1. The van der Waals surface area contributed by atoms with Gasteiger partial charge >= 0.3 is 0 Å². The van der Waals surface area contributed by atoms with E-state index in [1.807, 2.05) is 30.0 Å². The number of thioether (sulfide) groups is 1. The fourth-order valence-electron chi connectivity index (χ4n) is 1.93. The van der Waals surface area contributed by atoms with E-state index in [9.17, 15) is 0 Å². The molecule has 0 spiro atoms. The van der Waals surface area contributed by atoms with Crippen molar-refractivity contribution in [2.45, 2.75) is 31.8 Å². The molecule has 1 aromatic rings. The van der Waals surface area contributed by atoms with E-state index in [2.05, 4.69) is 35.8 Å². The predicted octanol–water partition coefficient (Wildman–Crippen LogP) is 2.60. The smallest absolute Gasteiger partial charge is 0.141 e. The zero-order valence-electron chi connectivity index (χ0n) is 11.5. The van der Waals surface area contributed by atoms with Gasteiger partial charge in [0.25, 0.3) is 0 Å². The van der Waals surface area contributed by atoms with Crippen LogP contribution in [-0.4, -0.2) is 29.1 Å². The predicted molar refractivity (Wildman–Crippen MR) is 82.8 cm³/mol. The fourth-order valence-corrected chi connectivity index (χ4v) is 2.52. The minimum absolute atomic E-state index is 0.0777. The molecule has 2 unspecified atom stereocenters. The first-order chi connectivity index (χ1) is 9.17. The second kappa shape index (κ2) is 8.82. The summed E-state index contributed by atoms with van der Waals surface area (Å²) in [5, 5.41) is 15.4. The van der Waals surface area contributed by atoms with Gasteiger partial charge in [0, 0.05) is 18.5 Å². The second-order valence-corrected chi connectivity index (χ2v) is 5.59. The molecule has 5 heteroatoms. The molecule has 4 N–H and O–H groups in total. The van der Waals surface area contributed by atoms with E-state index in [0.29, 0.717) is 12.5 Å². The molecule has 0 saturated heterocycles. The summed E-state index contributed by atoms with van der Waals surface area (Å²) in [6.45, 7) is 2.17. The lowest BCUT2D eigenvalue weighted by Crippen LogP contribution is -2.33. The van der Waals surface area contributed by atoms with Gasteiger partial charge in [-0.25, -0.2) is 0 Å². The van der Waals surface area contributed by atoms with E-state index in [0.717, 1.165) is 17.7 Å². The normalized spacial score (nSPS) is 15.2. The Balaban J connectivity index is 2.70. The van der Waals surface area contributed by atoms with Crippen molar-refractivity contribution in [2.75, 3.05) is 12.0 Å². The highest BCUT2D eigenvalue weighted by Crippen LogP contribution is 2.18. The van der Waals surface area contributed by atoms with Crippen LogP contribution in [0.15, 0.2) is 35.5 Å². The van der Waals surface area contributed by atoms with Gasteiger partial charge in [-0.15, -0.1) is 0 Å². The first-order valence-corrected chi connectivity index (χ1v) is 7.83. The number of nitrogens with one attached hydrogen (secondary N) is 1. The molecule has 0 heterocycles. The minimum Gasteiger partial charge on any atom is -0.409 e. The van der Waals surface area contributed by atoms with Gasteiger partial charge in [-0.05, 0) is 30.9 Å². The number of hydrogen-bond donors (Lipinski definition) is 3. The van der Waals surface area contributed by atoms with Crippen molar-refractivity contribution in [3.63, 3.8) is 0 Å². The van der Waals surface area contributed by atoms with Crippen LogP contribution in [0, 0.1) is 0 Å². The van der Waals surface area contributed by atoms with E-state index in [1.165, 1.54) is 0 Å². The van der Waals surface area contributed by atoms with Gasteiger partial charge in [0.05, 0.1) is 0 Å². The lowest BCUT2D eigenvalue weighted by atomic mass is 10.0. The number of oxime groups is 1. The molecular formula is C14H23N3OS. The van der Waals surface area contributed by atoms with Crippen molar-refractivity contribution < 1.29 is 5.21 Å². The highest BCUT2D eigenvalue weighted by atomic mass is 32.2. The topological polar surface area (TPSA) is 70.6 Å². The number of nitrogens with zero attached hydrogens (tertiary/aromatic N) is 1. The number of nitrogens with two attached hydrogens (primary N) is 1. The lowest BCUT2D eigenvalue weighted by Gasteiger charge is -2.23. The first kappa shape index (κ1) is 15.9. The average molecular weight is 281 g/mol. The molecule has 1 aromatic carbocycles. The molecule has 0 saturated carbocycles. The highest BCUT2D eigenvalue weighted by Gasteiger charge is 2.15. The quantitative estimate of drug-likeness (QED) is 0.296. The van der Waals surface area contributed by atoms with Crippen molar-refractivity contribution in [3.05, 3.63) is 35.9 Å². The Morgan fingerprint density at radius 1 is 1.42 bits per heavy atom. The zero-order chi connectivity index (χ0) is 14.1. The summed E-state index contributed by atoms with van der Waals surface area (Å²) >= 11 is 1.84. The van der Waals surface area contributed by atoms with Gasteiger partial charge in [0.2, 0.25) is 0 Å². The summed E-state index contributed by atoms with van der Waals surface area (Å²) in [7, 11) is 0. The molecule has 0 amide bonds. The zero-order valence-corrected chi connectivity index (χ0v) is 12.4. The van der Waals surface area contributed by atoms with Gasteiger partial charge in [-0.1, -0.05) is 35.5 Å². The maximum absolute atomic E-state index is 8.74. The van der Waals surface area contributed by atoms with E-state index < -0.39 is 0 Å². The molecule has 0 aliphatic carbocycles. The van der Waals surface area contributed by atoms with Crippen LogP contribution in [0.5, 0.6) is 0 Å². The van der Waals surface area contributed by atoms with E-state index >= 15 is 0 Å². The molecule has 0 bridgehead atoms. The molecule has 1 rings (SSSR count). The Morgan fingerprint density at radius 2 is 2.11 bits per heavy atom. The third kappa shape index (κ3) is 5.98. The summed E-state index contributed by atoms with van der Waals surface area (Å²) < 4.78 is 0. The third-order valence-corrected chi connectivity index (χ3v) is 3.63. The fraction of sp³-hybridized carbons (Fsp3) is 0.500. The van der Waals surface area contributed by atoms with Crippen molar-refractivity contribution in [1.82, 2.24) is 5.32 Å². The van der Waals surface area contributed by atoms with Crippen LogP contribution in [0.4, 0.5) is 0 Å². The number of hydrogen-bond acceptors (Lipinski definition) is 4. The van der Waals surface area contributed by atoms with E-state index in [4.69, 9.17) is 10.9 Å². The number of rotatable bonds is 8. The standard InChI is InChI=1S/C14H23N3OS/c1-11(8-9-19-2)16-13(10-14(15)17-18)12-6-4-3-5-7-12/h3-7,11,13,16,18H,8-10H2,1-2H3,(H2,15,17). The molecule has 0 fully saturated rings. The van der Waals surface area contributed by atoms with Crippen LogP contribution in [0.3, 0.4) is 0 Å². The number of benzene rings is 1. The molecule has 4 nitrogen and oxygen atoms in total. The Morgan fingerprint density at radius 3 is 2.68 bits per heavy atom. The molecule has 0 radical (unpaired) electrons. The van der Waals surface area contributed by atoms with Gasteiger partial charge in [0.15, 0.2) is 0 Å². The molecule has 106 valence electrons. The summed E-state index contributed by atoms with van der Waals surface area (Å²) in [5.41, 5.74) is 6.80. The first-order valence-electron chi connectivity index (χ1n) is 6.43. The van der Waals surface area contributed by atoms with Gasteiger partial charge in [-0.3, -0.25) is 0 Å². The Hall–Kier alpha value is -1.20. The largest absolute Gasteiger partial charge is 0.409 e. The highest BCUT2D eigenvalue weighted by molar-refractivity contribution is 7.98. The molecule has 0 aliphatic rings. The summed E-state index contributed by atoms with van der Waals surface area (Å²) in [5.74, 6) is 1.37. The van der Waals surface area contributed by atoms with Gasteiger partial charge < -0.3 is 16.3 Å². The van der Waals surface area contributed by atoms with Crippen LogP contribution in [-0.2, 0) is 0 Å². The molecule has 0 aromatic heterocycles. The molecule has 19 heavy (non-hydrogen) atoms. The maximum atomic E-state index is 8.74. The monoisotopic (exact) mass is 281 g/mol. The maximum Gasteiger partial charge on any atom is 0.141 e. The van der Waals surface area contributed by atoms with Crippen molar-refractivity contribution in [2.24, 2.45) is 10.9 Å². The molecule has 2 atom stereocenters. The third-order valence-electron chi connectivity index (χ3n) is 2.98. The Kier molecular flexibility index (Phi) is 7.36. The second-order valence-electron chi connectivity index (χ2n) is 4.61. The van der Waals surface area contributed by atoms with Gasteiger partial charge in [-0.2, -0.15) is 11.8 Å². The van der Waals surface area contributed by atoms with E-state index in [-0.39, 0.29) is 11.9 Å². The molecule has 0 aliphatic heterocycles. The summed E-state index contributed by atoms with van der Waals surface area (Å²) in [6, 6.07) is 10.6. The van der Waals surface area contributed by atoms with Crippen LogP contribution < -0.4 is 11.1 Å². The lowest BCUT2D eigenvalue weighted by molar-refractivity contribution is 0.315. The minimum atomic E-state index is 0.0777.